The van der Waals surface area contributed by atoms with Crippen molar-refractivity contribution < 1.29 is 0 Å². The van der Waals surface area contributed by atoms with E-state index in [-0.39, 0.29) is 6.04 Å². The number of aromatic nitrogens is 3. The number of hydrogen-bond donors (Lipinski definition) is 1. The quantitative estimate of drug-likeness (QED) is 0.887. The molecule has 0 fully saturated rings. The van der Waals surface area contributed by atoms with Crippen LogP contribution in [0.3, 0.4) is 0 Å². The molecule has 4 nitrogen and oxygen atoms in total. The maximum atomic E-state index is 4.11. The molecule has 1 N–H and O–H groups in total. The van der Waals surface area contributed by atoms with Crippen molar-refractivity contribution in [3.63, 3.8) is 0 Å². The van der Waals surface area contributed by atoms with E-state index in [2.05, 4.69) is 53.6 Å². The van der Waals surface area contributed by atoms with Gasteiger partial charge in [-0.15, -0.1) is 16.4 Å². The molecule has 0 amide bonds. The molecule has 0 spiro atoms. The molecule has 17 heavy (non-hydrogen) atoms. The molecule has 92 valence electrons. The molecule has 0 radical (unpaired) electrons. The Bertz CT molecular complexity index is 489. The highest BCUT2D eigenvalue weighted by atomic mass is 79.9. The number of thiophene rings is 1. The van der Waals surface area contributed by atoms with E-state index in [0.717, 1.165) is 20.4 Å². The molecule has 2 aromatic rings. The minimum atomic E-state index is 0.263. The summed E-state index contributed by atoms with van der Waals surface area (Å²) in [6, 6.07) is 2.39. The molecule has 0 bridgehead atoms. The Morgan fingerprint density at radius 3 is 2.76 bits per heavy atom. The monoisotopic (exact) mass is 378 g/mol. The number of aryl methyl sites for hydroxylation is 1. The lowest BCUT2D eigenvalue weighted by molar-refractivity contribution is 0.593. The zero-order valence-corrected chi connectivity index (χ0v) is 13.4. The predicted octanol–water partition coefficient (Wildman–Crippen LogP) is 2.90. The first-order chi connectivity index (χ1) is 8.10. The van der Waals surface area contributed by atoms with Crippen molar-refractivity contribution in [1.82, 2.24) is 20.3 Å². The standard InChI is InChI=1S/C10H12Br2N4S/c1-13-8(3-6-5-16(2)15-14-6)9-4-7(11)10(12)17-9/h4-5,8,13H,3H2,1-2H3. The molecule has 2 rings (SSSR count). The van der Waals surface area contributed by atoms with Crippen LogP contribution in [0.4, 0.5) is 0 Å². The molecule has 1 atom stereocenters. The van der Waals surface area contributed by atoms with Gasteiger partial charge in [0.05, 0.1) is 9.48 Å². The lowest BCUT2D eigenvalue weighted by Crippen LogP contribution is -2.17. The van der Waals surface area contributed by atoms with Crippen molar-refractivity contribution >= 4 is 43.2 Å². The van der Waals surface area contributed by atoms with Gasteiger partial charge in [-0.25, -0.2) is 0 Å². The normalized spacial score (nSPS) is 12.9. The summed E-state index contributed by atoms with van der Waals surface area (Å²) in [6.45, 7) is 0. The van der Waals surface area contributed by atoms with Gasteiger partial charge >= 0.3 is 0 Å². The SMILES string of the molecule is CNC(Cc1cn(C)nn1)c1cc(Br)c(Br)s1. The third-order valence-corrected chi connectivity index (χ3v) is 5.79. The van der Waals surface area contributed by atoms with Crippen LogP contribution in [0.25, 0.3) is 0 Å². The number of hydrogen-bond acceptors (Lipinski definition) is 4. The summed E-state index contributed by atoms with van der Waals surface area (Å²) in [5, 5.41) is 11.4. The van der Waals surface area contributed by atoms with Crippen molar-refractivity contribution in [3.8, 4) is 0 Å². The number of nitrogens with one attached hydrogen (secondary N) is 1. The molecule has 0 aliphatic carbocycles. The first-order valence-electron chi connectivity index (χ1n) is 5.07. The fourth-order valence-electron chi connectivity index (χ4n) is 1.58. The molecule has 1 unspecified atom stereocenters. The highest BCUT2D eigenvalue weighted by Crippen LogP contribution is 2.36. The topological polar surface area (TPSA) is 42.7 Å². The molecular formula is C10H12Br2N4S. The molecule has 2 aromatic heterocycles. The summed E-state index contributed by atoms with van der Waals surface area (Å²) >= 11 is 8.75. The van der Waals surface area contributed by atoms with Crippen LogP contribution < -0.4 is 5.32 Å². The second-order valence-corrected chi connectivity index (χ2v) is 6.96. The van der Waals surface area contributed by atoms with Gasteiger partial charge in [-0.1, -0.05) is 5.21 Å². The Morgan fingerprint density at radius 1 is 1.53 bits per heavy atom. The first-order valence-corrected chi connectivity index (χ1v) is 7.47. The van der Waals surface area contributed by atoms with Crippen LogP contribution in [0, 0.1) is 0 Å². The number of nitrogens with zero attached hydrogens (tertiary/aromatic N) is 3. The van der Waals surface area contributed by atoms with Gasteiger partial charge in [0.2, 0.25) is 0 Å². The van der Waals surface area contributed by atoms with Gasteiger partial charge in [-0.05, 0) is 45.0 Å². The fraction of sp³-hybridized carbons (Fsp3) is 0.400. The number of rotatable bonds is 4. The molecule has 0 aliphatic rings. The van der Waals surface area contributed by atoms with Crippen molar-refractivity contribution in [2.75, 3.05) is 7.05 Å². The fourth-order valence-corrected chi connectivity index (χ4v) is 3.78. The summed E-state index contributed by atoms with van der Waals surface area (Å²) in [4.78, 5) is 1.27. The third-order valence-electron chi connectivity index (χ3n) is 2.42. The van der Waals surface area contributed by atoms with E-state index in [1.807, 2.05) is 20.3 Å². The minimum Gasteiger partial charge on any atom is -0.312 e. The summed E-state index contributed by atoms with van der Waals surface area (Å²) < 4.78 is 3.94. The van der Waals surface area contributed by atoms with Crippen LogP contribution in [0.1, 0.15) is 16.6 Å². The zero-order chi connectivity index (χ0) is 12.4. The Balaban J connectivity index is 2.16. The van der Waals surface area contributed by atoms with Gasteiger partial charge in [0.1, 0.15) is 0 Å². The summed E-state index contributed by atoms with van der Waals surface area (Å²) in [6.07, 6.45) is 2.78. The first kappa shape index (κ1) is 13.2. The summed E-state index contributed by atoms with van der Waals surface area (Å²) in [7, 11) is 3.84. The lowest BCUT2D eigenvalue weighted by atomic mass is 10.1. The number of likely N-dealkylation sites (N-methyl/N-ethyl adjacent to an activating group) is 1. The Hall–Kier alpha value is -0.240. The van der Waals surface area contributed by atoms with Crippen LogP contribution in [0.5, 0.6) is 0 Å². The van der Waals surface area contributed by atoms with E-state index in [1.165, 1.54) is 4.88 Å². The average Bonchev–Trinajstić information content (AvgIpc) is 2.83. The third kappa shape index (κ3) is 3.15. The van der Waals surface area contributed by atoms with Crippen molar-refractivity contribution in [2.24, 2.45) is 7.05 Å². The predicted molar refractivity (Wildman–Crippen MR) is 76.2 cm³/mol. The Kier molecular flexibility index (Phi) is 4.35. The zero-order valence-electron chi connectivity index (χ0n) is 9.44. The highest BCUT2D eigenvalue weighted by Gasteiger charge is 2.16. The van der Waals surface area contributed by atoms with E-state index < -0.39 is 0 Å². The van der Waals surface area contributed by atoms with E-state index in [4.69, 9.17) is 0 Å². The van der Waals surface area contributed by atoms with E-state index >= 15 is 0 Å². The maximum Gasteiger partial charge on any atom is 0.0846 e. The van der Waals surface area contributed by atoms with E-state index in [1.54, 1.807) is 16.0 Å². The van der Waals surface area contributed by atoms with E-state index in [0.29, 0.717) is 0 Å². The molecule has 0 saturated heterocycles. The molecule has 2 heterocycles. The largest absolute Gasteiger partial charge is 0.312 e. The molecule has 0 aromatic carbocycles. The van der Waals surface area contributed by atoms with Crippen molar-refractivity contribution in [1.29, 1.82) is 0 Å². The Labute approximate surface area is 121 Å². The van der Waals surface area contributed by atoms with Gasteiger partial charge in [-0.2, -0.15) is 0 Å². The van der Waals surface area contributed by atoms with Crippen molar-refractivity contribution in [2.45, 2.75) is 12.5 Å². The Morgan fingerprint density at radius 2 is 2.29 bits per heavy atom. The van der Waals surface area contributed by atoms with Crippen LogP contribution in [0.2, 0.25) is 0 Å². The second-order valence-electron chi connectivity index (χ2n) is 3.70. The molecular weight excluding hydrogens is 368 g/mol. The highest BCUT2D eigenvalue weighted by molar-refractivity contribution is 9.13. The van der Waals surface area contributed by atoms with E-state index in [9.17, 15) is 0 Å². The van der Waals surface area contributed by atoms with Gasteiger partial charge in [0, 0.05) is 35.1 Å². The lowest BCUT2D eigenvalue weighted by Gasteiger charge is -2.12. The second kappa shape index (κ2) is 5.60. The molecule has 7 heteroatoms. The number of halogens is 2. The van der Waals surface area contributed by atoms with Crippen LogP contribution >= 0.6 is 43.2 Å². The summed E-state index contributed by atoms with van der Waals surface area (Å²) in [5.41, 5.74) is 0.993. The maximum absolute atomic E-state index is 4.11. The molecule has 0 saturated carbocycles. The van der Waals surface area contributed by atoms with Gasteiger partial charge in [0.25, 0.3) is 0 Å². The smallest absolute Gasteiger partial charge is 0.0846 e. The van der Waals surface area contributed by atoms with Gasteiger partial charge in [0.15, 0.2) is 0 Å². The van der Waals surface area contributed by atoms with Crippen molar-refractivity contribution in [3.05, 3.63) is 31.1 Å². The van der Waals surface area contributed by atoms with Gasteiger partial charge < -0.3 is 5.32 Å². The summed E-state index contributed by atoms with van der Waals surface area (Å²) in [5.74, 6) is 0. The van der Waals surface area contributed by atoms with Gasteiger partial charge in [-0.3, -0.25) is 4.68 Å². The molecule has 0 aliphatic heterocycles. The minimum absolute atomic E-state index is 0.263. The van der Waals surface area contributed by atoms with Crippen LogP contribution in [-0.2, 0) is 13.5 Å². The average molecular weight is 380 g/mol. The van der Waals surface area contributed by atoms with Crippen LogP contribution in [0.15, 0.2) is 20.5 Å². The van der Waals surface area contributed by atoms with Crippen LogP contribution in [-0.4, -0.2) is 22.0 Å².